The number of hydrogen-bond donors (Lipinski definition) is 2. The smallest absolute Gasteiger partial charge is 0.269 e. The van der Waals surface area contributed by atoms with Crippen LogP contribution in [0.1, 0.15) is 17.3 Å². The number of ether oxygens (including phenoxy) is 1. The van der Waals surface area contributed by atoms with E-state index in [1.54, 1.807) is 36.4 Å². The van der Waals surface area contributed by atoms with E-state index in [0.29, 0.717) is 22.7 Å². The Morgan fingerprint density at radius 2 is 1.35 bits per heavy atom. The molecule has 4 rings (SSSR count). The highest BCUT2D eigenvalue weighted by atomic mass is 32.2. The molecule has 2 amide bonds. The second-order valence-corrected chi connectivity index (χ2v) is 9.39. The second kappa shape index (κ2) is 11.9. The summed E-state index contributed by atoms with van der Waals surface area (Å²) in [7, 11) is 0. The molecule has 9 heteroatoms. The highest BCUT2D eigenvalue weighted by molar-refractivity contribution is 8.00. The first kappa shape index (κ1) is 25.5. The van der Waals surface area contributed by atoms with Crippen molar-refractivity contribution < 1.29 is 19.2 Å². The third-order valence-corrected chi connectivity index (χ3v) is 6.35. The van der Waals surface area contributed by atoms with Gasteiger partial charge in [-0.25, -0.2) is 0 Å². The van der Waals surface area contributed by atoms with Gasteiger partial charge in [-0.3, -0.25) is 19.7 Å². The summed E-state index contributed by atoms with van der Waals surface area (Å²) in [4.78, 5) is 36.2. The summed E-state index contributed by atoms with van der Waals surface area (Å²) < 4.78 is 5.77. The fourth-order valence-corrected chi connectivity index (χ4v) is 4.15. The fraction of sp³-hybridized carbons (Fsp3) is 0.0714. The highest BCUT2D eigenvalue weighted by Crippen LogP contribution is 2.27. The van der Waals surface area contributed by atoms with Crippen LogP contribution in [0, 0.1) is 10.1 Å². The van der Waals surface area contributed by atoms with Crippen LogP contribution in [0.3, 0.4) is 0 Å². The number of amides is 2. The number of nitro groups is 1. The van der Waals surface area contributed by atoms with Crippen LogP contribution >= 0.6 is 11.8 Å². The number of thioether (sulfide) groups is 1. The molecule has 0 heterocycles. The van der Waals surface area contributed by atoms with Crippen LogP contribution in [0.4, 0.5) is 17.1 Å². The van der Waals surface area contributed by atoms with Crippen molar-refractivity contribution >= 4 is 40.6 Å². The van der Waals surface area contributed by atoms with Gasteiger partial charge in [0.1, 0.15) is 11.5 Å². The number of anilines is 2. The zero-order valence-electron chi connectivity index (χ0n) is 19.8. The number of para-hydroxylation sites is 1. The molecule has 0 saturated heterocycles. The third-order valence-electron chi connectivity index (χ3n) is 5.24. The number of nitro benzene ring substituents is 1. The van der Waals surface area contributed by atoms with Crippen LogP contribution in [0.15, 0.2) is 108 Å². The van der Waals surface area contributed by atoms with Gasteiger partial charge in [-0.1, -0.05) is 18.2 Å². The summed E-state index contributed by atoms with van der Waals surface area (Å²) in [5.41, 5.74) is 1.48. The van der Waals surface area contributed by atoms with Crippen molar-refractivity contribution in [3.63, 3.8) is 0 Å². The Hall–Kier alpha value is -4.63. The van der Waals surface area contributed by atoms with E-state index >= 15 is 0 Å². The maximum atomic E-state index is 12.7. The van der Waals surface area contributed by atoms with Crippen molar-refractivity contribution in [2.24, 2.45) is 0 Å². The van der Waals surface area contributed by atoms with Gasteiger partial charge in [0, 0.05) is 34.0 Å². The first-order chi connectivity index (χ1) is 17.9. The summed E-state index contributed by atoms with van der Waals surface area (Å²) in [6.45, 7) is 1.82. The van der Waals surface area contributed by atoms with E-state index in [0.717, 1.165) is 10.6 Å². The Bertz CT molecular complexity index is 1380. The van der Waals surface area contributed by atoms with Crippen molar-refractivity contribution in [2.45, 2.75) is 17.1 Å². The molecule has 0 spiro atoms. The lowest BCUT2D eigenvalue weighted by Crippen LogP contribution is -2.22. The third kappa shape index (κ3) is 7.18. The van der Waals surface area contributed by atoms with E-state index in [-0.39, 0.29) is 22.8 Å². The average Bonchev–Trinajstić information content (AvgIpc) is 2.91. The Morgan fingerprint density at radius 3 is 1.97 bits per heavy atom. The number of nitrogens with zero attached hydrogens (tertiary/aromatic N) is 1. The lowest BCUT2D eigenvalue weighted by Gasteiger charge is -2.13. The predicted octanol–water partition coefficient (Wildman–Crippen LogP) is 6.76. The van der Waals surface area contributed by atoms with E-state index in [4.69, 9.17) is 4.74 Å². The molecular formula is C28H23N3O5S. The van der Waals surface area contributed by atoms with Gasteiger partial charge in [0.05, 0.1) is 10.2 Å². The molecule has 1 unspecified atom stereocenters. The Labute approximate surface area is 217 Å². The lowest BCUT2D eigenvalue weighted by atomic mass is 10.2. The van der Waals surface area contributed by atoms with Gasteiger partial charge in [0.2, 0.25) is 5.91 Å². The minimum atomic E-state index is -0.517. The van der Waals surface area contributed by atoms with Gasteiger partial charge >= 0.3 is 0 Å². The molecule has 0 bridgehead atoms. The first-order valence-electron chi connectivity index (χ1n) is 11.3. The number of rotatable bonds is 9. The number of hydrogen-bond acceptors (Lipinski definition) is 6. The normalized spacial score (nSPS) is 11.3. The molecule has 1 atom stereocenters. The molecule has 4 aromatic carbocycles. The Balaban J connectivity index is 1.27. The van der Waals surface area contributed by atoms with Crippen molar-refractivity contribution in [1.82, 2.24) is 0 Å². The van der Waals surface area contributed by atoms with E-state index in [1.165, 1.54) is 36.0 Å². The Morgan fingerprint density at radius 1 is 0.784 bits per heavy atom. The maximum absolute atomic E-state index is 12.7. The summed E-state index contributed by atoms with van der Waals surface area (Å²) in [5, 5.41) is 16.1. The lowest BCUT2D eigenvalue weighted by molar-refractivity contribution is -0.384. The molecule has 37 heavy (non-hydrogen) atoms. The van der Waals surface area contributed by atoms with Crippen LogP contribution in [-0.4, -0.2) is 22.0 Å². The molecule has 0 radical (unpaired) electrons. The molecule has 0 aliphatic carbocycles. The summed E-state index contributed by atoms with van der Waals surface area (Å²) in [6.07, 6.45) is 0. The van der Waals surface area contributed by atoms with Crippen LogP contribution in [0.2, 0.25) is 0 Å². The van der Waals surface area contributed by atoms with Crippen molar-refractivity contribution in [2.75, 3.05) is 10.6 Å². The SMILES string of the molecule is CC(Sc1ccc(NC(=O)c2ccc([N+](=O)[O-])cc2)cc1)C(=O)Nc1ccc(Oc2ccccc2)cc1. The minimum Gasteiger partial charge on any atom is -0.457 e. The van der Waals surface area contributed by atoms with Crippen LogP contribution in [0.25, 0.3) is 0 Å². The van der Waals surface area contributed by atoms with Gasteiger partial charge < -0.3 is 15.4 Å². The zero-order valence-corrected chi connectivity index (χ0v) is 20.6. The Kier molecular flexibility index (Phi) is 8.17. The van der Waals surface area contributed by atoms with Crippen molar-refractivity contribution in [1.29, 1.82) is 0 Å². The van der Waals surface area contributed by atoms with Gasteiger partial charge in [-0.05, 0) is 79.7 Å². The van der Waals surface area contributed by atoms with Crippen molar-refractivity contribution in [3.8, 4) is 11.5 Å². The maximum Gasteiger partial charge on any atom is 0.269 e. The van der Waals surface area contributed by atoms with Gasteiger partial charge in [0.15, 0.2) is 0 Å². The van der Waals surface area contributed by atoms with Crippen LogP contribution in [0.5, 0.6) is 11.5 Å². The summed E-state index contributed by atoms with van der Waals surface area (Å²) >= 11 is 1.39. The van der Waals surface area contributed by atoms with Gasteiger partial charge in [-0.15, -0.1) is 11.8 Å². The zero-order chi connectivity index (χ0) is 26.2. The fourth-order valence-electron chi connectivity index (χ4n) is 3.29. The topological polar surface area (TPSA) is 111 Å². The summed E-state index contributed by atoms with van der Waals surface area (Å²) in [5.74, 6) is 0.897. The first-order valence-corrected chi connectivity index (χ1v) is 12.2. The van der Waals surface area contributed by atoms with Crippen LogP contribution in [-0.2, 0) is 4.79 Å². The molecule has 2 N–H and O–H groups in total. The quantitative estimate of drug-likeness (QED) is 0.145. The highest BCUT2D eigenvalue weighted by Gasteiger charge is 2.15. The molecule has 0 aliphatic heterocycles. The predicted molar refractivity (Wildman–Crippen MR) is 144 cm³/mol. The van der Waals surface area contributed by atoms with E-state index in [1.807, 2.05) is 49.4 Å². The molecule has 0 fully saturated rings. The van der Waals surface area contributed by atoms with E-state index in [9.17, 15) is 19.7 Å². The number of carbonyl (C=O) groups is 2. The molecular weight excluding hydrogens is 490 g/mol. The van der Waals surface area contributed by atoms with Gasteiger partial charge in [-0.2, -0.15) is 0 Å². The molecule has 4 aromatic rings. The van der Waals surface area contributed by atoms with E-state index in [2.05, 4.69) is 10.6 Å². The molecule has 186 valence electrons. The average molecular weight is 514 g/mol. The standard InChI is InChI=1S/C28H23N3O5S/c1-19(27(32)29-21-9-15-25(16-10-21)36-24-5-3-2-4-6-24)37-26-17-11-22(12-18-26)30-28(33)20-7-13-23(14-8-20)31(34)35/h2-19H,1H3,(H,29,32)(H,30,33). The van der Waals surface area contributed by atoms with Crippen LogP contribution < -0.4 is 15.4 Å². The monoisotopic (exact) mass is 513 g/mol. The number of non-ortho nitro benzene ring substituents is 1. The second-order valence-electron chi connectivity index (χ2n) is 7.97. The molecule has 8 nitrogen and oxygen atoms in total. The summed E-state index contributed by atoms with van der Waals surface area (Å²) in [6, 6.07) is 29.1. The molecule has 0 aliphatic rings. The molecule has 0 aromatic heterocycles. The van der Waals surface area contributed by atoms with E-state index < -0.39 is 4.92 Å². The molecule has 0 saturated carbocycles. The largest absolute Gasteiger partial charge is 0.457 e. The number of carbonyl (C=O) groups excluding carboxylic acids is 2. The van der Waals surface area contributed by atoms with Gasteiger partial charge in [0.25, 0.3) is 11.6 Å². The number of nitrogens with one attached hydrogen (secondary N) is 2. The van der Waals surface area contributed by atoms with Crippen molar-refractivity contribution in [3.05, 3.63) is 119 Å². The minimum absolute atomic E-state index is 0.0785. The number of benzene rings is 4.